The van der Waals surface area contributed by atoms with Gasteiger partial charge in [-0.25, -0.2) is 4.90 Å². The molecular weight excluding hydrogens is 206 g/mol. The van der Waals surface area contributed by atoms with Gasteiger partial charge < -0.3 is 10.5 Å². The highest BCUT2D eigenvalue weighted by Gasteiger charge is 2.31. The molecule has 0 fully saturated rings. The van der Waals surface area contributed by atoms with Crippen LogP contribution in [0.3, 0.4) is 0 Å². The first-order valence-corrected chi connectivity index (χ1v) is 4.22. The number of hydrogen-bond donors (Lipinski definition) is 1. The zero-order valence-corrected chi connectivity index (χ0v) is 7.61. The first-order chi connectivity index (χ1) is 7.09. The zero-order valence-electron chi connectivity index (χ0n) is 7.61. The largest absolute Gasteiger partial charge is 0.482 e. The third-order valence-corrected chi connectivity index (χ3v) is 2.06. The molecule has 80 valence electrons. The summed E-state index contributed by atoms with van der Waals surface area (Å²) in [5.74, 6) is -0.535. The van der Waals surface area contributed by atoms with Crippen LogP contribution < -0.4 is 15.4 Å². The van der Waals surface area contributed by atoms with Crippen molar-refractivity contribution in [1.29, 1.82) is 0 Å². The summed E-state index contributed by atoms with van der Waals surface area (Å²) in [6, 6.07) is 4.28. The summed E-state index contributed by atoms with van der Waals surface area (Å²) in [5, 5.41) is 0. The van der Waals surface area contributed by atoms with Crippen molar-refractivity contribution in [3.63, 3.8) is 0 Å². The molecule has 0 unspecified atom stereocenters. The third kappa shape index (κ3) is 1.58. The molecule has 1 amide bonds. The quantitative estimate of drug-likeness (QED) is 0.564. The second-order valence-corrected chi connectivity index (χ2v) is 3.06. The summed E-state index contributed by atoms with van der Waals surface area (Å²) in [4.78, 5) is 11.6. The average molecular weight is 214 g/mol. The van der Waals surface area contributed by atoms with Gasteiger partial charge in [-0.1, -0.05) is 0 Å². The van der Waals surface area contributed by atoms with Crippen molar-refractivity contribution < 1.29 is 18.3 Å². The summed E-state index contributed by atoms with van der Waals surface area (Å²) >= 11 is 0. The van der Waals surface area contributed by atoms with Crippen molar-refractivity contribution >= 4 is 17.3 Å². The Labute approximate surface area is 84.2 Å². The van der Waals surface area contributed by atoms with Gasteiger partial charge in [-0.05, 0) is 18.2 Å². The number of rotatable bonds is 1. The Balaban J connectivity index is 2.50. The lowest BCUT2D eigenvalue weighted by molar-refractivity contribution is -0.124. The molecule has 0 radical (unpaired) electrons. The maximum Gasteiger partial charge on any atom is 0.321 e. The summed E-state index contributed by atoms with van der Waals surface area (Å²) in [6.07, 6.45) is 0. The lowest BCUT2D eigenvalue weighted by Gasteiger charge is -2.28. The van der Waals surface area contributed by atoms with Crippen LogP contribution in [-0.2, 0) is 4.79 Å². The smallest absolute Gasteiger partial charge is 0.321 e. The topological polar surface area (TPSA) is 55.6 Å². The average Bonchev–Trinajstić information content (AvgIpc) is 2.16. The van der Waals surface area contributed by atoms with Crippen LogP contribution in [0.5, 0.6) is 5.75 Å². The summed E-state index contributed by atoms with van der Waals surface area (Å²) in [6.45, 7) is -3.26. The van der Waals surface area contributed by atoms with Gasteiger partial charge in [-0.15, -0.1) is 0 Å². The highest BCUT2D eigenvalue weighted by molar-refractivity contribution is 5.98. The number of carbonyl (C=O) groups is 1. The van der Waals surface area contributed by atoms with Gasteiger partial charge in [0.25, 0.3) is 5.91 Å². The molecule has 0 saturated carbocycles. The second-order valence-electron chi connectivity index (χ2n) is 3.06. The molecule has 1 aliphatic heterocycles. The zero-order chi connectivity index (χ0) is 11.0. The number of carbonyl (C=O) groups excluding carboxylic acids is 1. The molecule has 1 aromatic rings. The normalized spacial score (nSPS) is 15.1. The number of amides is 1. The Morgan fingerprint density at radius 3 is 2.87 bits per heavy atom. The highest BCUT2D eigenvalue weighted by atomic mass is 19.3. The van der Waals surface area contributed by atoms with E-state index in [1.807, 2.05) is 0 Å². The molecule has 0 bridgehead atoms. The standard InChI is InChI=1S/C9H8F2N2O2/c10-9(11)13-6-3-5(12)1-2-7(6)15-4-8(13)14/h1-3,9H,4,12H2. The number of halogens is 2. The summed E-state index contributed by atoms with van der Waals surface area (Å²) in [5.41, 5.74) is 5.77. The fraction of sp³-hybridized carbons (Fsp3) is 0.222. The van der Waals surface area contributed by atoms with Crippen molar-refractivity contribution in [2.75, 3.05) is 17.2 Å². The van der Waals surface area contributed by atoms with Crippen LogP contribution in [0.15, 0.2) is 18.2 Å². The predicted octanol–water partition coefficient (Wildman–Crippen LogP) is 1.22. The molecule has 1 aliphatic rings. The van der Waals surface area contributed by atoms with Crippen LogP contribution in [0.4, 0.5) is 20.2 Å². The van der Waals surface area contributed by atoms with E-state index in [-0.39, 0.29) is 18.0 Å². The van der Waals surface area contributed by atoms with Crippen molar-refractivity contribution in [1.82, 2.24) is 0 Å². The van der Waals surface area contributed by atoms with E-state index in [9.17, 15) is 13.6 Å². The first-order valence-electron chi connectivity index (χ1n) is 4.22. The molecule has 1 heterocycles. The number of hydrogen-bond acceptors (Lipinski definition) is 3. The van der Waals surface area contributed by atoms with Crippen LogP contribution in [-0.4, -0.2) is 19.1 Å². The molecule has 15 heavy (non-hydrogen) atoms. The van der Waals surface area contributed by atoms with Crippen LogP contribution in [0.25, 0.3) is 0 Å². The highest BCUT2D eigenvalue weighted by Crippen LogP contribution is 2.35. The van der Waals surface area contributed by atoms with Crippen LogP contribution in [0, 0.1) is 0 Å². The summed E-state index contributed by atoms with van der Waals surface area (Å²) in [7, 11) is 0. The molecule has 0 aromatic heterocycles. The van der Waals surface area contributed by atoms with Crippen LogP contribution in [0.1, 0.15) is 0 Å². The van der Waals surface area contributed by atoms with E-state index in [4.69, 9.17) is 10.5 Å². The number of ether oxygens (including phenoxy) is 1. The van der Waals surface area contributed by atoms with E-state index in [2.05, 4.69) is 0 Å². The Bertz CT molecular complexity index is 409. The number of anilines is 2. The SMILES string of the molecule is Nc1ccc2c(c1)N(C(F)F)C(=O)CO2. The minimum Gasteiger partial charge on any atom is -0.482 e. The molecule has 4 nitrogen and oxygen atoms in total. The molecule has 2 rings (SSSR count). The van der Waals surface area contributed by atoms with Gasteiger partial charge in [-0.3, -0.25) is 4.79 Å². The second kappa shape index (κ2) is 3.38. The van der Waals surface area contributed by atoms with Gasteiger partial charge in [0, 0.05) is 5.69 Å². The number of benzene rings is 1. The number of nitrogens with zero attached hydrogens (tertiary/aromatic N) is 1. The van der Waals surface area contributed by atoms with E-state index in [0.717, 1.165) is 0 Å². The maximum atomic E-state index is 12.6. The van der Waals surface area contributed by atoms with E-state index in [0.29, 0.717) is 10.6 Å². The Kier molecular flexibility index (Phi) is 2.18. The number of fused-ring (bicyclic) bond motifs is 1. The molecule has 2 N–H and O–H groups in total. The van der Waals surface area contributed by atoms with E-state index < -0.39 is 12.5 Å². The van der Waals surface area contributed by atoms with Crippen LogP contribution in [0.2, 0.25) is 0 Å². The van der Waals surface area contributed by atoms with Gasteiger partial charge in [0.2, 0.25) is 0 Å². The molecule has 0 saturated heterocycles. The van der Waals surface area contributed by atoms with Gasteiger partial charge in [-0.2, -0.15) is 8.78 Å². The van der Waals surface area contributed by atoms with Crippen molar-refractivity contribution in [2.45, 2.75) is 6.55 Å². The van der Waals surface area contributed by atoms with Gasteiger partial charge >= 0.3 is 6.55 Å². The predicted molar refractivity (Wildman–Crippen MR) is 49.8 cm³/mol. The van der Waals surface area contributed by atoms with Gasteiger partial charge in [0.1, 0.15) is 5.75 Å². The molecule has 0 aliphatic carbocycles. The Morgan fingerprint density at radius 1 is 1.47 bits per heavy atom. The maximum absolute atomic E-state index is 12.6. The van der Waals surface area contributed by atoms with Crippen LogP contribution >= 0.6 is 0 Å². The first kappa shape index (κ1) is 9.70. The minimum atomic E-state index is -2.89. The van der Waals surface area contributed by atoms with Crippen molar-refractivity contribution in [2.24, 2.45) is 0 Å². The fourth-order valence-electron chi connectivity index (χ4n) is 1.40. The summed E-state index contributed by atoms with van der Waals surface area (Å²) < 4.78 is 30.2. The molecule has 0 spiro atoms. The minimum absolute atomic E-state index is 0.0150. The lowest BCUT2D eigenvalue weighted by atomic mass is 10.2. The van der Waals surface area contributed by atoms with Crippen molar-refractivity contribution in [3.8, 4) is 5.75 Å². The molecule has 0 atom stereocenters. The van der Waals surface area contributed by atoms with E-state index >= 15 is 0 Å². The van der Waals surface area contributed by atoms with Gasteiger partial charge in [0.05, 0.1) is 5.69 Å². The van der Waals surface area contributed by atoms with E-state index in [1.165, 1.54) is 18.2 Å². The fourth-order valence-corrected chi connectivity index (χ4v) is 1.40. The van der Waals surface area contributed by atoms with Crippen molar-refractivity contribution in [3.05, 3.63) is 18.2 Å². The number of nitrogen functional groups attached to an aromatic ring is 1. The Morgan fingerprint density at radius 2 is 2.20 bits per heavy atom. The molecule has 1 aromatic carbocycles. The molecular formula is C9H8F2N2O2. The monoisotopic (exact) mass is 214 g/mol. The third-order valence-electron chi connectivity index (χ3n) is 2.06. The van der Waals surface area contributed by atoms with E-state index in [1.54, 1.807) is 0 Å². The number of alkyl halides is 2. The Hall–Kier alpha value is -1.85. The van der Waals surface area contributed by atoms with Gasteiger partial charge in [0.15, 0.2) is 6.61 Å². The molecule has 6 heteroatoms. The lowest BCUT2D eigenvalue weighted by Crippen LogP contribution is -2.42. The number of nitrogens with two attached hydrogens (primary N) is 1.